The molecule has 47 heavy (non-hydrogen) atoms. The number of aromatic amines is 2. The molecule has 0 unspecified atom stereocenters. The van der Waals surface area contributed by atoms with Gasteiger partial charge in [-0.05, 0) is 47.4 Å². The van der Waals surface area contributed by atoms with E-state index in [4.69, 9.17) is 9.47 Å². The van der Waals surface area contributed by atoms with Crippen LogP contribution in [0, 0.1) is 5.92 Å². The largest absolute Gasteiger partial charge is 0.465 e. The lowest BCUT2D eigenvalue weighted by atomic mass is 10.0. The number of ether oxygens (including phenoxy) is 2. The van der Waals surface area contributed by atoms with Gasteiger partial charge in [0.05, 0.1) is 55.6 Å². The minimum Gasteiger partial charge on any atom is -0.465 e. The highest BCUT2D eigenvalue weighted by atomic mass is 16.7. The van der Waals surface area contributed by atoms with Crippen LogP contribution >= 0.6 is 0 Å². The Hall–Kier alpha value is -4.52. The molecule has 1 spiro atoms. The molecule has 3 aliphatic rings. The number of amides is 2. The zero-order chi connectivity index (χ0) is 32.5. The standard InChI is InChI=1S/C35H41N7O5/c1-21(2)30(41-34(44)45)33(43)42-14-3-5-29(42)32-37-19-28(40-32)25-12-8-23(9-13-25)22-6-10-24(11-7-22)27-18-36-31(39-27)26-17-35(20-38-26)46-15-4-16-47-35/h6-13,18-19,21,26,29-30,38,41H,3-5,14-17,20H2,1-2H3,(H,36,39)(H,37,40)(H,44,45)/t26-,29-,30-/m0/s1. The second-order valence-corrected chi connectivity index (χ2v) is 13.0. The molecule has 5 heterocycles. The van der Waals surface area contributed by atoms with Gasteiger partial charge in [0.15, 0.2) is 5.79 Å². The maximum Gasteiger partial charge on any atom is 0.405 e. The second-order valence-electron chi connectivity index (χ2n) is 13.0. The van der Waals surface area contributed by atoms with Crippen molar-refractivity contribution in [3.8, 4) is 33.6 Å². The highest BCUT2D eigenvalue weighted by molar-refractivity contribution is 5.86. The molecule has 5 N–H and O–H groups in total. The van der Waals surface area contributed by atoms with Crippen molar-refractivity contribution in [3.63, 3.8) is 0 Å². The highest BCUT2D eigenvalue weighted by Gasteiger charge is 2.44. The number of H-pyrrole nitrogens is 2. The molecule has 0 radical (unpaired) electrons. The first-order chi connectivity index (χ1) is 22.8. The third-order valence-electron chi connectivity index (χ3n) is 9.46. The number of benzene rings is 2. The van der Waals surface area contributed by atoms with E-state index < -0.39 is 17.9 Å². The lowest BCUT2D eigenvalue weighted by Crippen LogP contribution is -2.50. The van der Waals surface area contributed by atoms with Crippen molar-refractivity contribution in [1.82, 2.24) is 35.5 Å². The predicted molar refractivity (Wildman–Crippen MR) is 175 cm³/mol. The molecule has 0 saturated carbocycles. The van der Waals surface area contributed by atoms with Gasteiger partial charge in [0.1, 0.15) is 17.7 Å². The van der Waals surface area contributed by atoms with Crippen molar-refractivity contribution in [2.45, 2.75) is 63.4 Å². The lowest BCUT2D eigenvalue weighted by molar-refractivity contribution is -0.255. The lowest BCUT2D eigenvalue weighted by Gasteiger charge is -2.32. The highest BCUT2D eigenvalue weighted by Crippen LogP contribution is 2.36. The van der Waals surface area contributed by atoms with Crippen LogP contribution in [0.15, 0.2) is 60.9 Å². The summed E-state index contributed by atoms with van der Waals surface area (Å²) in [6, 6.07) is 15.8. The molecule has 246 valence electrons. The van der Waals surface area contributed by atoms with Crippen LogP contribution in [0.4, 0.5) is 4.79 Å². The quantitative estimate of drug-likeness (QED) is 0.175. The molecule has 12 nitrogen and oxygen atoms in total. The smallest absolute Gasteiger partial charge is 0.405 e. The van der Waals surface area contributed by atoms with Crippen molar-refractivity contribution in [3.05, 3.63) is 72.6 Å². The van der Waals surface area contributed by atoms with Crippen LogP contribution in [-0.2, 0) is 14.3 Å². The third-order valence-corrected chi connectivity index (χ3v) is 9.46. The Morgan fingerprint density at radius 2 is 1.47 bits per heavy atom. The molecule has 3 atom stereocenters. The van der Waals surface area contributed by atoms with E-state index in [0.29, 0.717) is 18.9 Å². The number of aromatic nitrogens is 4. The SMILES string of the molecule is CC(C)[C@H](NC(=O)O)C(=O)N1CCC[C@H]1c1ncc(-c2ccc(-c3ccc(-c4cnc([C@@H]5CC6(CN5)OCCCO6)[nH]4)cc3)cc2)[nH]1. The van der Waals surface area contributed by atoms with Gasteiger partial charge in [0, 0.05) is 13.0 Å². The zero-order valence-electron chi connectivity index (χ0n) is 26.7. The maximum atomic E-state index is 13.3. The van der Waals surface area contributed by atoms with E-state index in [-0.39, 0.29) is 23.9 Å². The fourth-order valence-corrected chi connectivity index (χ4v) is 6.90. The van der Waals surface area contributed by atoms with Gasteiger partial charge in [-0.2, -0.15) is 0 Å². The molecule has 2 amide bonds. The Kier molecular flexibility index (Phi) is 8.56. The first kappa shape index (κ1) is 31.1. The number of hydrogen-bond acceptors (Lipinski definition) is 7. The van der Waals surface area contributed by atoms with Crippen molar-refractivity contribution < 1.29 is 24.2 Å². The summed E-state index contributed by atoms with van der Waals surface area (Å²) in [6.45, 7) is 6.38. The number of hydrogen-bond donors (Lipinski definition) is 5. The molecule has 3 fully saturated rings. The van der Waals surface area contributed by atoms with Gasteiger partial charge < -0.3 is 40.1 Å². The molecule has 7 rings (SSSR count). The first-order valence-electron chi connectivity index (χ1n) is 16.4. The number of carboxylic acid groups (broad SMARTS) is 1. The van der Waals surface area contributed by atoms with E-state index in [1.54, 1.807) is 11.1 Å². The summed E-state index contributed by atoms with van der Waals surface area (Å²) in [6.07, 6.45) is 5.75. The number of carbonyl (C=O) groups is 2. The summed E-state index contributed by atoms with van der Waals surface area (Å²) in [7, 11) is 0. The van der Waals surface area contributed by atoms with Crippen LogP contribution in [-0.4, -0.2) is 80.1 Å². The number of nitrogens with one attached hydrogen (secondary N) is 4. The fraction of sp³-hybridized carbons (Fsp3) is 0.429. The number of imidazole rings is 2. The Bertz CT molecular complexity index is 1710. The maximum absolute atomic E-state index is 13.3. The molecule has 4 aromatic rings. The van der Waals surface area contributed by atoms with Crippen molar-refractivity contribution in [2.24, 2.45) is 5.92 Å². The van der Waals surface area contributed by atoms with Crippen LogP contribution in [0.3, 0.4) is 0 Å². The number of nitrogens with zero attached hydrogens (tertiary/aromatic N) is 3. The van der Waals surface area contributed by atoms with Gasteiger partial charge in [0.2, 0.25) is 5.91 Å². The van der Waals surface area contributed by atoms with Crippen LogP contribution < -0.4 is 10.6 Å². The van der Waals surface area contributed by atoms with Crippen LogP contribution in [0.25, 0.3) is 33.6 Å². The summed E-state index contributed by atoms with van der Waals surface area (Å²) in [5.74, 6) is 0.682. The number of rotatable bonds is 8. The molecule has 0 aliphatic carbocycles. The average molecular weight is 640 g/mol. The van der Waals surface area contributed by atoms with Crippen molar-refractivity contribution >= 4 is 12.0 Å². The van der Waals surface area contributed by atoms with E-state index >= 15 is 0 Å². The third kappa shape index (κ3) is 6.40. The van der Waals surface area contributed by atoms with Crippen molar-refractivity contribution in [2.75, 3.05) is 26.3 Å². The van der Waals surface area contributed by atoms with E-state index in [1.807, 2.05) is 20.0 Å². The van der Waals surface area contributed by atoms with E-state index in [1.165, 1.54) is 0 Å². The number of carbonyl (C=O) groups excluding carboxylic acids is 1. The summed E-state index contributed by atoms with van der Waals surface area (Å²) in [5, 5.41) is 15.1. The average Bonchev–Trinajstić information content (AvgIpc) is 3.91. The van der Waals surface area contributed by atoms with Gasteiger partial charge in [-0.3, -0.25) is 4.79 Å². The van der Waals surface area contributed by atoms with Crippen LogP contribution in [0.1, 0.15) is 63.3 Å². The van der Waals surface area contributed by atoms with Crippen LogP contribution in [0.5, 0.6) is 0 Å². The van der Waals surface area contributed by atoms with Gasteiger partial charge in [-0.1, -0.05) is 62.4 Å². The summed E-state index contributed by atoms with van der Waals surface area (Å²) in [4.78, 5) is 42.6. The zero-order valence-corrected chi connectivity index (χ0v) is 26.7. The van der Waals surface area contributed by atoms with Gasteiger partial charge in [-0.25, -0.2) is 14.8 Å². The van der Waals surface area contributed by atoms with Crippen LogP contribution in [0.2, 0.25) is 0 Å². The summed E-state index contributed by atoms with van der Waals surface area (Å²) in [5.41, 5.74) is 6.08. The van der Waals surface area contributed by atoms with Gasteiger partial charge in [-0.15, -0.1) is 0 Å². The molecule has 0 bridgehead atoms. The Morgan fingerprint density at radius 1 is 0.894 bits per heavy atom. The minimum atomic E-state index is -1.20. The second kappa shape index (κ2) is 12.9. The number of likely N-dealkylation sites (tertiary alicyclic amines) is 1. The van der Waals surface area contributed by atoms with Crippen molar-refractivity contribution in [1.29, 1.82) is 0 Å². The van der Waals surface area contributed by atoms with E-state index in [2.05, 4.69) is 79.1 Å². The topological polar surface area (TPSA) is 157 Å². The summed E-state index contributed by atoms with van der Waals surface area (Å²) >= 11 is 0. The minimum absolute atomic E-state index is 0.0588. The molecule has 3 aliphatic heterocycles. The monoisotopic (exact) mass is 639 g/mol. The molecular formula is C35H41N7O5. The molecular weight excluding hydrogens is 598 g/mol. The predicted octanol–water partition coefficient (Wildman–Crippen LogP) is 5.26. The summed E-state index contributed by atoms with van der Waals surface area (Å²) < 4.78 is 11.9. The molecule has 12 heteroatoms. The van der Waals surface area contributed by atoms with Gasteiger partial charge in [0.25, 0.3) is 0 Å². The fourth-order valence-electron chi connectivity index (χ4n) is 6.90. The van der Waals surface area contributed by atoms with Gasteiger partial charge >= 0.3 is 6.09 Å². The Morgan fingerprint density at radius 3 is 2.06 bits per heavy atom. The molecule has 2 aromatic carbocycles. The Labute approximate surface area is 273 Å². The normalized spacial score (nSPS) is 21.4. The van der Waals surface area contributed by atoms with E-state index in [0.717, 1.165) is 78.4 Å². The Balaban J connectivity index is 1.00. The molecule has 2 aromatic heterocycles. The van der Waals surface area contributed by atoms with E-state index in [9.17, 15) is 14.7 Å². The molecule has 3 saturated heterocycles. The first-order valence-corrected chi connectivity index (χ1v) is 16.4.